The quantitative estimate of drug-likeness (QED) is 0.937. The van der Waals surface area contributed by atoms with Gasteiger partial charge >= 0.3 is 6.03 Å². The van der Waals surface area contributed by atoms with Gasteiger partial charge in [-0.05, 0) is 48.9 Å². The molecule has 0 unspecified atom stereocenters. The van der Waals surface area contributed by atoms with Gasteiger partial charge in [0.05, 0.1) is 11.6 Å². The molecule has 0 aromatic heterocycles. The van der Waals surface area contributed by atoms with Gasteiger partial charge in [-0.25, -0.2) is 4.79 Å². The zero-order valence-corrected chi connectivity index (χ0v) is 13.9. The molecule has 2 aromatic rings. The number of hydrogen-bond donors (Lipinski definition) is 1. The lowest BCUT2D eigenvalue weighted by Crippen LogP contribution is -2.47. The van der Waals surface area contributed by atoms with Crippen molar-refractivity contribution < 1.29 is 9.59 Å². The molecule has 0 bridgehead atoms. The van der Waals surface area contributed by atoms with Crippen LogP contribution >= 0.6 is 0 Å². The van der Waals surface area contributed by atoms with Crippen molar-refractivity contribution in [3.63, 3.8) is 0 Å². The lowest BCUT2D eigenvalue weighted by atomic mass is 10.1. The summed E-state index contributed by atoms with van der Waals surface area (Å²) in [5.74, 6) is -0.279. The number of carbonyl (C=O) groups excluding carboxylic acids is 2. The van der Waals surface area contributed by atoms with Gasteiger partial charge in [0, 0.05) is 37.1 Å². The Hall–Kier alpha value is -3.33. The summed E-state index contributed by atoms with van der Waals surface area (Å²) < 4.78 is 0. The van der Waals surface area contributed by atoms with E-state index in [2.05, 4.69) is 5.32 Å². The molecule has 25 heavy (non-hydrogen) atoms. The average Bonchev–Trinajstić information content (AvgIpc) is 2.65. The summed E-state index contributed by atoms with van der Waals surface area (Å²) in [6, 6.07) is 15.7. The Morgan fingerprint density at radius 2 is 1.92 bits per heavy atom. The molecular weight excluding hydrogens is 316 g/mol. The summed E-state index contributed by atoms with van der Waals surface area (Å²) in [4.78, 5) is 27.9. The van der Waals surface area contributed by atoms with Gasteiger partial charge in [0.2, 0.25) is 0 Å². The number of carbonyl (C=O) groups is 2. The fourth-order valence-corrected chi connectivity index (χ4v) is 2.76. The first-order chi connectivity index (χ1) is 12.1. The number of nitrogens with one attached hydrogen (secondary N) is 1. The predicted octanol–water partition coefficient (Wildman–Crippen LogP) is 3.07. The third-order valence-electron chi connectivity index (χ3n) is 4.12. The third-order valence-corrected chi connectivity index (χ3v) is 4.12. The molecule has 6 heteroatoms. The summed E-state index contributed by atoms with van der Waals surface area (Å²) in [5, 5.41) is 11.7. The van der Waals surface area contributed by atoms with Gasteiger partial charge in [-0.3, -0.25) is 9.69 Å². The number of nitrogens with zero attached hydrogens (tertiary/aromatic N) is 3. The van der Waals surface area contributed by atoms with Crippen molar-refractivity contribution >= 4 is 23.3 Å². The van der Waals surface area contributed by atoms with Crippen LogP contribution in [0.25, 0.3) is 0 Å². The molecule has 0 aliphatic carbocycles. The Bertz CT molecular complexity index is 839. The molecule has 1 aliphatic rings. The summed E-state index contributed by atoms with van der Waals surface area (Å²) >= 11 is 0. The Labute approximate surface area is 146 Å². The largest absolute Gasteiger partial charge is 0.327 e. The van der Waals surface area contributed by atoms with Crippen LogP contribution in [0.3, 0.4) is 0 Å². The first-order valence-electron chi connectivity index (χ1n) is 8.03. The monoisotopic (exact) mass is 334 g/mol. The second kappa shape index (κ2) is 7.05. The fourth-order valence-electron chi connectivity index (χ4n) is 2.76. The number of hydrogen-bond acceptors (Lipinski definition) is 3. The first-order valence-corrected chi connectivity index (χ1v) is 8.03. The molecule has 1 heterocycles. The van der Waals surface area contributed by atoms with Crippen LogP contribution in [0.4, 0.5) is 16.2 Å². The van der Waals surface area contributed by atoms with Crippen LogP contribution in [0.2, 0.25) is 0 Å². The summed E-state index contributed by atoms with van der Waals surface area (Å²) in [7, 11) is 1.79. The number of anilines is 2. The highest BCUT2D eigenvalue weighted by atomic mass is 16.2. The van der Waals surface area contributed by atoms with Crippen molar-refractivity contribution in [1.82, 2.24) is 4.90 Å². The minimum Gasteiger partial charge on any atom is -0.327 e. The molecule has 6 nitrogen and oxygen atoms in total. The molecule has 3 amide bonds. The molecular formula is C19H18N4O2. The van der Waals surface area contributed by atoms with Gasteiger partial charge in [0.15, 0.2) is 0 Å². The van der Waals surface area contributed by atoms with Crippen molar-refractivity contribution in [1.29, 1.82) is 5.26 Å². The van der Waals surface area contributed by atoms with Crippen LogP contribution < -0.4 is 10.2 Å². The molecule has 2 aromatic carbocycles. The van der Waals surface area contributed by atoms with Crippen LogP contribution in [-0.2, 0) is 0 Å². The van der Waals surface area contributed by atoms with Crippen molar-refractivity contribution in [3.05, 3.63) is 59.7 Å². The second-order valence-electron chi connectivity index (χ2n) is 5.90. The Morgan fingerprint density at radius 3 is 2.64 bits per heavy atom. The highest BCUT2D eigenvalue weighted by molar-refractivity contribution is 6.04. The van der Waals surface area contributed by atoms with Crippen LogP contribution in [-0.4, -0.2) is 37.0 Å². The maximum atomic E-state index is 12.3. The van der Waals surface area contributed by atoms with Crippen LogP contribution in [0.15, 0.2) is 48.5 Å². The lowest BCUT2D eigenvalue weighted by molar-refractivity contribution is 0.102. The topological polar surface area (TPSA) is 76.4 Å². The van der Waals surface area contributed by atoms with E-state index >= 15 is 0 Å². The van der Waals surface area contributed by atoms with Crippen LogP contribution in [0.1, 0.15) is 22.3 Å². The van der Waals surface area contributed by atoms with E-state index in [1.165, 1.54) is 0 Å². The molecule has 0 spiro atoms. The molecule has 0 saturated carbocycles. The number of rotatable bonds is 3. The highest BCUT2D eigenvalue weighted by Gasteiger charge is 2.23. The van der Waals surface area contributed by atoms with E-state index in [9.17, 15) is 9.59 Å². The summed E-state index contributed by atoms with van der Waals surface area (Å²) in [6.07, 6.45) is 0.927. The Morgan fingerprint density at radius 1 is 1.16 bits per heavy atom. The van der Waals surface area contributed by atoms with E-state index in [-0.39, 0.29) is 11.9 Å². The Kier molecular flexibility index (Phi) is 4.66. The molecule has 1 aliphatic heterocycles. The standard InChI is InChI=1S/C19H18N4O2/c1-22-10-3-11-23(19(22)25)17-8-6-16(7-9-17)21-18(24)15-5-2-4-14(12-15)13-20/h2,4-9,12H,3,10-11H2,1H3,(H,21,24). The van der Waals surface area contributed by atoms with E-state index in [0.717, 1.165) is 18.7 Å². The third kappa shape index (κ3) is 3.61. The lowest BCUT2D eigenvalue weighted by Gasteiger charge is -2.33. The minimum atomic E-state index is -0.279. The van der Waals surface area contributed by atoms with Crippen LogP contribution in [0, 0.1) is 11.3 Å². The van der Waals surface area contributed by atoms with E-state index in [1.807, 2.05) is 18.2 Å². The van der Waals surface area contributed by atoms with Gasteiger partial charge in [-0.1, -0.05) is 6.07 Å². The van der Waals surface area contributed by atoms with Crippen molar-refractivity contribution in [2.75, 3.05) is 30.4 Å². The molecule has 1 fully saturated rings. The summed E-state index contributed by atoms with van der Waals surface area (Å²) in [5.41, 5.74) is 2.31. The highest BCUT2D eigenvalue weighted by Crippen LogP contribution is 2.22. The van der Waals surface area contributed by atoms with Gasteiger partial charge in [0.25, 0.3) is 5.91 Å². The number of urea groups is 1. The number of amides is 3. The van der Waals surface area contributed by atoms with E-state index in [0.29, 0.717) is 23.4 Å². The van der Waals surface area contributed by atoms with Crippen molar-refractivity contribution in [2.24, 2.45) is 0 Å². The average molecular weight is 334 g/mol. The number of nitriles is 1. The van der Waals surface area contributed by atoms with Gasteiger partial charge < -0.3 is 10.2 Å². The molecule has 0 radical (unpaired) electrons. The first kappa shape index (κ1) is 16.5. The zero-order valence-electron chi connectivity index (χ0n) is 13.9. The maximum absolute atomic E-state index is 12.3. The van der Waals surface area contributed by atoms with Gasteiger partial charge in [-0.2, -0.15) is 5.26 Å². The molecule has 3 rings (SSSR count). The molecule has 1 saturated heterocycles. The molecule has 126 valence electrons. The van der Waals surface area contributed by atoms with Crippen molar-refractivity contribution in [3.8, 4) is 6.07 Å². The normalized spacial score (nSPS) is 14.2. The van der Waals surface area contributed by atoms with Crippen LogP contribution in [0.5, 0.6) is 0 Å². The van der Waals surface area contributed by atoms with E-state index in [1.54, 1.807) is 53.2 Å². The fraction of sp³-hybridized carbons (Fsp3) is 0.211. The second-order valence-corrected chi connectivity index (χ2v) is 5.90. The van der Waals surface area contributed by atoms with E-state index < -0.39 is 0 Å². The zero-order chi connectivity index (χ0) is 17.8. The number of benzene rings is 2. The Balaban J connectivity index is 1.71. The summed E-state index contributed by atoms with van der Waals surface area (Å²) in [6.45, 7) is 1.46. The molecule has 0 atom stereocenters. The maximum Gasteiger partial charge on any atom is 0.324 e. The van der Waals surface area contributed by atoms with E-state index in [4.69, 9.17) is 5.26 Å². The predicted molar refractivity (Wildman–Crippen MR) is 95.5 cm³/mol. The smallest absolute Gasteiger partial charge is 0.324 e. The SMILES string of the molecule is CN1CCCN(c2ccc(NC(=O)c3cccc(C#N)c3)cc2)C1=O. The van der Waals surface area contributed by atoms with Gasteiger partial charge in [-0.15, -0.1) is 0 Å². The minimum absolute atomic E-state index is 0.0173. The van der Waals surface area contributed by atoms with Crippen molar-refractivity contribution in [2.45, 2.75) is 6.42 Å². The molecule has 1 N–H and O–H groups in total. The van der Waals surface area contributed by atoms with Gasteiger partial charge in [0.1, 0.15) is 0 Å².